The first kappa shape index (κ1) is 24.1. The van der Waals surface area contributed by atoms with Crippen molar-refractivity contribution in [1.29, 1.82) is 0 Å². The summed E-state index contributed by atoms with van der Waals surface area (Å²) in [5.41, 5.74) is 7.16. The van der Waals surface area contributed by atoms with Crippen LogP contribution in [0.25, 0.3) is 0 Å². The molecule has 1 aromatic rings. The monoisotopic (exact) mass is 444 g/mol. The maximum Gasteiger partial charge on any atom is 0.350 e. The number of thiophene rings is 1. The lowest BCUT2D eigenvalue weighted by atomic mass is 9.82. The molecule has 0 amide bonds. The summed E-state index contributed by atoms with van der Waals surface area (Å²) >= 11 is 1.47. The molecule has 0 unspecified atom stereocenters. The Morgan fingerprint density at radius 1 is 1.16 bits per heavy atom. The Kier molecular flexibility index (Phi) is 8.10. The Morgan fingerprint density at radius 3 is 2.39 bits per heavy atom. The molecular formula is C26H40N2O2S. The summed E-state index contributed by atoms with van der Waals surface area (Å²) in [5, 5.41) is 0. The molecule has 31 heavy (non-hydrogen) atoms. The van der Waals surface area contributed by atoms with Gasteiger partial charge in [-0.25, -0.2) is 4.79 Å². The van der Waals surface area contributed by atoms with Crippen molar-refractivity contribution < 1.29 is 9.53 Å². The number of carbonyl (C=O) groups excluding carboxylic acids is 1. The van der Waals surface area contributed by atoms with Crippen molar-refractivity contribution in [2.24, 2.45) is 23.0 Å². The zero-order valence-electron chi connectivity index (χ0n) is 20.0. The fourth-order valence-corrected chi connectivity index (χ4v) is 5.73. The number of hydrogen-bond donors (Lipinski definition) is 1. The van der Waals surface area contributed by atoms with Gasteiger partial charge in [-0.1, -0.05) is 31.6 Å². The number of nitrogens with zero attached hydrogens (tertiary/aromatic N) is 1. The molecule has 1 aromatic heterocycles. The van der Waals surface area contributed by atoms with Gasteiger partial charge in [-0.3, -0.25) is 0 Å². The summed E-state index contributed by atoms with van der Waals surface area (Å²) < 4.78 is 5.17. The van der Waals surface area contributed by atoms with Gasteiger partial charge in [0.25, 0.3) is 0 Å². The maximum atomic E-state index is 12.7. The summed E-state index contributed by atoms with van der Waals surface area (Å²) in [6.07, 6.45) is 9.45. The average Bonchev–Trinajstić information content (AvgIpc) is 3.16. The number of carbonyl (C=O) groups is 1. The molecule has 2 aliphatic carbocycles. The molecule has 5 heteroatoms. The van der Waals surface area contributed by atoms with Gasteiger partial charge in [0, 0.05) is 24.0 Å². The minimum absolute atomic E-state index is 0.0758. The van der Waals surface area contributed by atoms with E-state index in [0.29, 0.717) is 22.9 Å². The minimum Gasteiger partial charge on any atom is -0.465 e. The predicted octanol–water partition coefficient (Wildman–Crippen LogP) is 5.83. The summed E-state index contributed by atoms with van der Waals surface area (Å²) in [7, 11) is 1.47. The van der Waals surface area contributed by atoms with E-state index in [1.807, 2.05) is 0 Å². The van der Waals surface area contributed by atoms with Gasteiger partial charge in [0.05, 0.1) is 17.7 Å². The zero-order chi connectivity index (χ0) is 22.6. The second-order valence-corrected chi connectivity index (χ2v) is 11.7. The second kappa shape index (κ2) is 10.4. The topological polar surface area (TPSA) is 55.6 Å². The van der Waals surface area contributed by atoms with Crippen LogP contribution in [0.5, 0.6) is 0 Å². The SMILES string of the molecule is COC(=O)c1sc(C#CC(C)(C)C)cc1N(CC1CCC(C)CC1)C1CCC(N)CC1. The van der Waals surface area contributed by atoms with E-state index < -0.39 is 0 Å². The van der Waals surface area contributed by atoms with Gasteiger partial charge < -0.3 is 15.4 Å². The van der Waals surface area contributed by atoms with Crippen molar-refractivity contribution in [3.8, 4) is 11.8 Å². The molecule has 0 atom stereocenters. The van der Waals surface area contributed by atoms with E-state index in [2.05, 4.69) is 50.5 Å². The fourth-order valence-electron chi connectivity index (χ4n) is 4.79. The van der Waals surface area contributed by atoms with Crippen LogP contribution in [0.15, 0.2) is 6.07 Å². The standard InChI is InChI=1S/C26H40N2O2S/c1-18-6-8-19(9-7-18)17-28(21-12-10-20(27)11-13-21)23-16-22(14-15-26(2,3)4)31-24(23)25(29)30-5/h16,18-21H,6-13,17,27H2,1-5H3. The lowest BCUT2D eigenvalue weighted by Gasteiger charge is -2.40. The van der Waals surface area contributed by atoms with Crippen LogP contribution in [0.1, 0.15) is 93.6 Å². The van der Waals surface area contributed by atoms with Gasteiger partial charge in [0.15, 0.2) is 0 Å². The number of ether oxygens (including phenoxy) is 1. The Hall–Kier alpha value is -1.51. The lowest BCUT2D eigenvalue weighted by Crippen LogP contribution is -2.44. The second-order valence-electron chi connectivity index (χ2n) is 10.7. The van der Waals surface area contributed by atoms with Crippen molar-refractivity contribution in [3.05, 3.63) is 15.8 Å². The smallest absolute Gasteiger partial charge is 0.350 e. The molecule has 0 aliphatic heterocycles. The first-order valence-electron chi connectivity index (χ1n) is 11.9. The number of rotatable bonds is 5. The third-order valence-corrected chi connectivity index (χ3v) is 7.75. The number of methoxy groups -OCH3 is 1. The molecule has 2 aliphatic rings. The molecule has 0 saturated heterocycles. The summed E-state index contributed by atoms with van der Waals surface area (Å²) in [5.74, 6) is 7.90. The fraction of sp³-hybridized carbons (Fsp3) is 0.731. The molecule has 4 nitrogen and oxygen atoms in total. The van der Waals surface area contributed by atoms with Crippen molar-refractivity contribution in [3.63, 3.8) is 0 Å². The van der Waals surface area contributed by atoms with E-state index in [0.717, 1.165) is 48.7 Å². The molecule has 0 spiro atoms. The van der Waals surface area contributed by atoms with Gasteiger partial charge >= 0.3 is 5.97 Å². The molecule has 2 N–H and O–H groups in total. The normalized spacial score (nSPS) is 26.6. The lowest BCUT2D eigenvalue weighted by molar-refractivity contribution is 0.0606. The molecule has 0 bridgehead atoms. The average molecular weight is 445 g/mol. The third kappa shape index (κ3) is 6.73. The first-order chi connectivity index (χ1) is 14.7. The van der Waals surface area contributed by atoms with Crippen LogP contribution in [-0.4, -0.2) is 31.7 Å². The van der Waals surface area contributed by atoms with Crippen LogP contribution >= 0.6 is 11.3 Å². The maximum absolute atomic E-state index is 12.7. The van der Waals surface area contributed by atoms with Crippen molar-refractivity contribution in [2.75, 3.05) is 18.6 Å². The van der Waals surface area contributed by atoms with E-state index in [1.165, 1.54) is 44.1 Å². The van der Waals surface area contributed by atoms with Gasteiger partial charge in [0.1, 0.15) is 4.88 Å². The van der Waals surface area contributed by atoms with Crippen LogP contribution in [0, 0.1) is 29.1 Å². The van der Waals surface area contributed by atoms with Gasteiger partial charge in [-0.2, -0.15) is 0 Å². The first-order valence-corrected chi connectivity index (χ1v) is 12.8. The van der Waals surface area contributed by atoms with Crippen molar-refractivity contribution in [1.82, 2.24) is 0 Å². The molecule has 2 saturated carbocycles. The van der Waals surface area contributed by atoms with Crippen LogP contribution in [0.4, 0.5) is 5.69 Å². The Labute approximate surface area is 192 Å². The van der Waals surface area contributed by atoms with Crippen molar-refractivity contribution >= 4 is 23.0 Å². The van der Waals surface area contributed by atoms with E-state index in [-0.39, 0.29) is 11.4 Å². The third-order valence-electron chi connectivity index (χ3n) is 6.73. The molecular weight excluding hydrogens is 404 g/mol. The van der Waals surface area contributed by atoms with Gasteiger partial charge in [0.2, 0.25) is 0 Å². The van der Waals surface area contributed by atoms with E-state index in [9.17, 15) is 4.79 Å². The predicted molar refractivity (Wildman–Crippen MR) is 131 cm³/mol. The molecule has 3 rings (SSSR count). The number of anilines is 1. The highest BCUT2D eigenvalue weighted by Gasteiger charge is 2.31. The molecule has 0 aromatic carbocycles. The molecule has 172 valence electrons. The Bertz CT molecular complexity index is 798. The van der Waals surface area contributed by atoms with Gasteiger partial charge in [-0.15, -0.1) is 11.3 Å². The highest BCUT2D eigenvalue weighted by molar-refractivity contribution is 7.15. The minimum atomic E-state index is -0.251. The van der Waals surface area contributed by atoms with Crippen LogP contribution in [0.3, 0.4) is 0 Å². The summed E-state index contributed by atoms with van der Waals surface area (Å²) in [4.78, 5) is 16.9. The van der Waals surface area contributed by atoms with E-state index in [1.54, 1.807) is 0 Å². The number of hydrogen-bond acceptors (Lipinski definition) is 5. The number of nitrogens with two attached hydrogens (primary N) is 1. The van der Waals surface area contributed by atoms with Crippen LogP contribution < -0.4 is 10.6 Å². The summed E-state index contributed by atoms with van der Waals surface area (Å²) in [6.45, 7) is 9.70. The Balaban J connectivity index is 1.94. The van der Waals surface area contributed by atoms with E-state index >= 15 is 0 Å². The van der Waals surface area contributed by atoms with Crippen molar-refractivity contribution in [2.45, 2.75) is 91.1 Å². The Morgan fingerprint density at radius 2 is 1.81 bits per heavy atom. The highest BCUT2D eigenvalue weighted by atomic mass is 32.1. The molecule has 1 heterocycles. The molecule has 2 fully saturated rings. The quantitative estimate of drug-likeness (QED) is 0.458. The van der Waals surface area contributed by atoms with Gasteiger partial charge in [-0.05, 0) is 77.2 Å². The van der Waals surface area contributed by atoms with Crippen LogP contribution in [-0.2, 0) is 4.74 Å². The number of esters is 1. The largest absolute Gasteiger partial charge is 0.465 e. The van der Waals surface area contributed by atoms with E-state index in [4.69, 9.17) is 10.5 Å². The summed E-state index contributed by atoms with van der Waals surface area (Å²) in [6, 6.07) is 2.88. The highest BCUT2D eigenvalue weighted by Crippen LogP contribution is 2.38. The molecule has 0 radical (unpaired) electrons. The van der Waals surface area contributed by atoms with Crippen LogP contribution in [0.2, 0.25) is 0 Å². The zero-order valence-corrected chi connectivity index (χ0v) is 20.8.